The first-order chi connectivity index (χ1) is 9.00. The first kappa shape index (κ1) is 13.9. The third-order valence-electron chi connectivity index (χ3n) is 5.01. The molecule has 102 valence electrons. The molecule has 1 N–H and O–H groups in total. The first-order valence-corrected chi connectivity index (χ1v) is 7.23. The van der Waals surface area contributed by atoms with Gasteiger partial charge in [-0.2, -0.15) is 0 Å². The summed E-state index contributed by atoms with van der Waals surface area (Å²) in [7, 11) is 0. The van der Waals surface area contributed by atoms with Gasteiger partial charge >= 0.3 is 0 Å². The average Bonchev–Trinajstić information content (AvgIpc) is 2.45. The molecule has 2 rings (SSSR count). The molecule has 2 aromatic carbocycles. The molecule has 0 aliphatic rings. The minimum Gasteiger partial charge on any atom is -0.508 e. The zero-order valence-electron chi connectivity index (χ0n) is 12.4. The molecule has 0 bridgehead atoms. The molecule has 1 atom stereocenters. The predicted molar refractivity (Wildman–Crippen MR) is 82.7 cm³/mol. The lowest BCUT2D eigenvalue weighted by atomic mass is 9.71. The van der Waals surface area contributed by atoms with Crippen LogP contribution in [0.25, 0.3) is 10.8 Å². The van der Waals surface area contributed by atoms with Crippen LogP contribution in [0.1, 0.15) is 52.0 Å². The fourth-order valence-electron chi connectivity index (χ4n) is 2.79. The number of hydrogen-bond acceptors (Lipinski definition) is 1. The van der Waals surface area contributed by atoms with Crippen molar-refractivity contribution >= 4 is 10.8 Å². The molecule has 0 heterocycles. The van der Waals surface area contributed by atoms with E-state index in [2.05, 4.69) is 45.9 Å². The molecule has 0 aromatic heterocycles. The Morgan fingerprint density at radius 2 is 1.58 bits per heavy atom. The van der Waals surface area contributed by atoms with Gasteiger partial charge in [-0.1, -0.05) is 64.8 Å². The van der Waals surface area contributed by atoms with Gasteiger partial charge in [0.1, 0.15) is 5.75 Å². The van der Waals surface area contributed by atoms with Crippen LogP contribution < -0.4 is 0 Å². The molecule has 1 heteroatoms. The number of rotatable bonds is 4. The minimum absolute atomic E-state index is 0.334. The molecule has 0 amide bonds. The lowest BCUT2D eigenvalue weighted by Crippen LogP contribution is -2.22. The van der Waals surface area contributed by atoms with E-state index in [-0.39, 0.29) is 0 Å². The normalized spacial score (nSPS) is 13.7. The fraction of sp³-hybridized carbons (Fsp3) is 0.444. The lowest BCUT2D eigenvalue weighted by Gasteiger charge is -2.34. The minimum atomic E-state index is 0.334. The topological polar surface area (TPSA) is 20.2 Å². The highest BCUT2D eigenvalue weighted by atomic mass is 16.3. The van der Waals surface area contributed by atoms with Crippen LogP contribution in [0, 0.1) is 5.41 Å². The van der Waals surface area contributed by atoms with Gasteiger partial charge in [0.15, 0.2) is 0 Å². The van der Waals surface area contributed by atoms with Crippen LogP contribution in [0.3, 0.4) is 0 Å². The van der Waals surface area contributed by atoms with Gasteiger partial charge in [0.25, 0.3) is 0 Å². The Kier molecular flexibility index (Phi) is 3.84. The number of benzene rings is 2. The Morgan fingerprint density at radius 1 is 1.00 bits per heavy atom. The highest BCUT2D eigenvalue weighted by Crippen LogP contribution is 2.41. The van der Waals surface area contributed by atoms with Gasteiger partial charge in [0, 0.05) is 0 Å². The summed E-state index contributed by atoms with van der Waals surface area (Å²) in [4.78, 5) is 0. The van der Waals surface area contributed by atoms with Gasteiger partial charge in [-0.15, -0.1) is 0 Å². The lowest BCUT2D eigenvalue weighted by molar-refractivity contribution is 0.243. The SMILES string of the molecule is CCC(C)(CC)C(C)c1ccc2cc(O)ccc2c1. The van der Waals surface area contributed by atoms with Crippen LogP contribution in [0.5, 0.6) is 5.75 Å². The Labute approximate surface area is 116 Å². The van der Waals surface area contributed by atoms with Crippen molar-refractivity contribution in [2.24, 2.45) is 5.41 Å². The molecule has 2 aromatic rings. The summed E-state index contributed by atoms with van der Waals surface area (Å²) in [5, 5.41) is 11.8. The van der Waals surface area contributed by atoms with Crippen LogP contribution in [0.15, 0.2) is 36.4 Å². The monoisotopic (exact) mass is 256 g/mol. The number of fused-ring (bicyclic) bond motifs is 1. The largest absolute Gasteiger partial charge is 0.508 e. The second-order valence-corrected chi connectivity index (χ2v) is 5.87. The van der Waals surface area contributed by atoms with Crippen molar-refractivity contribution in [1.29, 1.82) is 0 Å². The van der Waals surface area contributed by atoms with E-state index in [0.29, 0.717) is 17.1 Å². The van der Waals surface area contributed by atoms with E-state index in [0.717, 1.165) is 5.39 Å². The van der Waals surface area contributed by atoms with Gasteiger partial charge in [-0.3, -0.25) is 0 Å². The standard InChI is InChI=1S/C18H24O/c1-5-18(4,6-2)13(3)14-7-8-16-12-17(19)10-9-15(16)11-14/h7-13,19H,5-6H2,1-4H3. The van der Waals surface area contributed by atoms with E-state index in [1.165, 1.54) is 23.8 Å². The third kappa shape index (κ3) is 2.60. The summed E-state index contributed by atoms with van der Waals surface area (Å²) in [6.07, 6.45) is 2.39. The molecule has 0 aliphatic carbocycles. The van der Waals surface area contributed by atoms with Crippen molar-refractivity contribution in [3.8, 4) is 5.75 Å². The van der Waals surface area contributed by atoms with Gasteiger partial charge in [-0.05, 0) is 39.8 Å². The summed E-state index contributed by atoms with van der Waals surface area (Å²) in [5.74, 6) is 0.876. The van der Waals surface area contributed by atoms with E-state index < -0.39 is 0 Å². The summed E-state index contributed by atoms with van der Waals surface area (Å²) in [6, 6.07) is 12.2. The average molecular weight is 256 g/mol. The Morgan fingerprint density at radius 3 is 2.21 bits per heavy atom. The van der Waals surface area contributed by atoms with Gasteiger partial charge < -0.3 is 5.11 Å². The zero-order valence-corrected chi connectivity index (χ0v) is 12.4. The smallest absolute Gasteiger partial charge is 0.116 e. The van der Waals surface area contributed by atoms with E-state index in [1.54, 1.807) is 6.07 Å². The molecular formula is C18H24O. The summed E-state index contributed by atoms with van der Waals surface area (Å²) in [6.45, 7) is 9.26. The quantitative estimate of drug-likeness (QED) is 0.768. The van der Waals surface area contributed by atoms with E-state index in [9.17, 15) is 5.11 Å². The van der Waals surface area contributed by atoms with E-state index in [1.807, 2.05) is 12.1 Å². The number of phenols is 1. The number of hydrogen-bond donors (Lipinski definition) is 1. The van der Waals surface area contributed by atoms with Crippen LogP contribution in [-0.2, 0) is 0 Å². The molecule has 1 nitrogen and oxygen atoms in total. The third-order valence-corrected chi connectivity index (χ3v) is 5.01. The fourth-order valence-corrected chi connectivity index (χ4v) is 2.79. The number of aromatic hydroxyl groups is 1. The molecule has 0 radical (unpaired) electrons. The van der Waals surface area contributed by atoms with Crippen molar-refractivity contribution in [2.75, 3.05) is 0 Å². The zero-order chi connectivity index (χ0) is 14.0. The highest BCUT2D eigenvalue weighted by molar-refractivity contribution is 5.84. The maximum Gasteiger partial charge on any atom is 0.116 e. The summed E-state index contributed by atoms with van der Waals surface area (Å²) in [5.41, 5.74) is 1.74. The Balaban J connectivity index is 2.43. The van der Waals surface area contributed by atoms with Gasteiger partial charge in [-0.25, -0.2) is 0 Å². The van der Waals surface area contributed by atoms with Crippen LogP contribution in [-0.4, -0.2) is 5.11 Å². The molecule has 1 unspecified atom stereocenters. The molecule has 19 heavy (non-hydrogen) atoms. The highest BCUT2D eigenvalue weighted by Gasteiger charge is 2.28. The second-order valence-electron chi connectivity index (χ2n) is 5.87. The Bertz CT molecular complexity index is 567. The second kappa shape index (κ2) is 5.24. The first-order valence-electron chi connectivity index (χ1n) is 7.23. The van der Waals surface area contributed by atoms with Crippen molar-refractivity contribution in [2.45, 2.75) is 46.5 Å². The Hall–Kier alpha value is -1.50. The molecule has 0 aliphatic heterocycles. The van der Waals surface area contributed by atoms with Gasteiger partial charge in [0.2, 0.25) is 0 Å². The van der Waals surface area contributed by atoms with Crippen LogP contribution >= 0.6 is 0 Å². The number of phenolic OH excluding ortho intramolecular Hbond substituents is 1. The van der Waals surface area contributed by atoms with Gasteiger partial charge in [0.05, 0.1) is 0 Å². The molecule has 0 saturated heterocycles. The van der Waals surface area contributed by atoms with Crippen molar-refractivity contribution in [3.05, 3.63) is 42.0 Å². The van der Waals surface area contributed by atoms with Crippen LogP contribution in [0.4, 0.5) is 0 Å². The maximum atomic E-state index is 9.51. The van der Waals surface area contributed by atoms with E-state index >= 15 is 0 Å². The van der Waals surface area contributed by atoms with Crippen molar-refractivity contribution in [3.63, 3.8) is 0 Å². The maximum absolute atomic E-state index is 9.51. The predicted octanol–water partition coefficient (Wildman–Crippen LogP) is 5.48. The van der Waals surface area contributed by atoms with Crippen molar-refractivity contribution < 1.29 is 5.11 Å². The molecule has 0 fully saturated rings. The molecular weight excluding hydrogens is 232 g/mol. The summed E-state index contributed by atoms with van der Waals surface area (Å²) < 4.78 is 0. The van der Waals surface area contributed by atoms with Crippen molar-refractivity contribution in [1.82, 2.24) is 0 Å². The van der Waals surface area contributed by atoms with E-state index in [4.69, 9.17) is 0 Å². The molecule has 0 spiro atoms. The van der Waals surface area contributed by atoms with Crippen LogP contribution in [0.2, 0.25) is 0 Å². The molecule has 0 saturated carbocycles. The summed E-state index contributed by atoms with van der Waals surface area (Å²) >= 11 is 0.